The third-order valence-corrected chi connectivity index (χ3v) is 4.14. The SMILES string of the molecule is CCCCCc1cccc2cc(S(=O)(=O)O)ccc12. The van der Waals surface area contributed by atoms with Gasteiger partial charge in [0, 0.05) is 0 Å². The molecule has 0 radical (unpaired) electrons. The molecular weight excluding hydrogens is 260 g/mol. The molecule has 2 rings (SSSR count). The van der Waals surface area contributed by atoms with Gasteiger partial charge in [-0.25, -0.2) is 0 Å². The van der Waals surface area contributed by atoms with Gasteiger partial charge in [0.1, 0.15) is 0 Å². The zero-order valence-electron chi connectivity index (χ0n) is 11.0. The fourth-order valence-corrected chi connectivity index (χ4v) is 2.79. The summed E-state index contributed by atoms with van der Waals surface area (Å²) >= 11 is 0. The van der Waals surface area contributed by atoms with Gasteiger partial charge in [0.25, 0.3) is 10.1 Å². The van der Waals surface area contributed by atoms with Crippen molar-refractivity contribution in [1.29, 1.82) is 0 Å². The van der Waals surface area contributed by atoms with E-state index in [4.69, 9.17) is 4.55 Å². The van der Waals surface area contributed by atoms with Gasteiger partial charge < -0.3 is 0 Å². The first kappa shape index (κ1) is 14.0. The van der Waals surface area contributed by atoms with Crippen LogP contribution in [0.25, 0.3) is 10.8 Å². The molecule has 0 saturated heterocycles. The van der Waals surface area contributed by atoms with Crippen molar-refractivity contribution < 1.29 is 13.0 Å². The molecule has 0 amide bonds. The van der Waals surface area contributed by atoms with Gasteiger partial charge in [-0.1, -0.05) is 44.0 Å². The number of rotatable bonds is 5. The molecule has 0 fully saturated rings. The average molecular weight is 278 g/mol. The number of fused-ring (bicyclic) bond motifs is 1. The Bertz CT molecular complexity index is 675. The van der Waals surface area contributed by atoms with Crippen LogP contribution in [0.5, 0.6) is 0 Å². The summed E-state index contributed by atoms with van der Waals surface area (Å²) in [5, 5.41) is 1.91. The van der Waals surface area contributed by atoms with Crippen LogP contribution in [0.4, 0.5) is 0 Å². The van der Waals surface area contributed by atoms with E-state index < -0.39 is 10.1 Å². The molecule has 4 heteroatoms. The van der Waals surface area contributed by atoms with E-state index in [-0.39, 0.29) is 4.90 Å². The van der Waals surface area contributed by atoms with Gasteiger partial charge in [-0.15, -0.1) is 0 Å². The largest absolute Gasteiger partial charge is 0.294 e. The van der Waals surface area contributed by atoms with E-state index in [1.807, 2.05) is 12.1 Å². The summed E-state index contributed by atoms with van der Waals surface area (Å²) in [7, 11) is -4.13. The van der Waals surface area contributed by atoms with Crippen LogP contribution in [-0.2, 0) is 16.5 Å². The highest BCUT2D eigenvalue weighted by Crippen LogP contribution is 2.23. The van der Waals surface area contributed by atoms with E-state index in [0.29, 0.717) is 0 Å². The summed E-state index contributed by atoms with van der Waals surface area (Å²) in [6, 6.07) is 10.6. The van der Waals surface area contributed by atoms with Crippen molar-refractivity contribution in [3.8, 4) is 0 Å². The van der Waals surface area contributed by atoms with Crippen LogP contribution < -0.4 is 0 Å². The van der Waals surface area contributed by atoms with E-state index in [2.05, 4.69) is 13.0 Å². The summed E-state index contributed by atoms with van der Waals surface area (Å²) in [6.45, 7) is 2.17. The second kappa shape index (κ2) is 5.72. The molecular formula is C15H18O3S. The maximum atomic E-state index is 11.1. The van der Waals surface area contributed by atoms with Crippen molar-refractivity contribution in [2.24, 2.45) is 0 Å². The minimum atomic E-state index is -4.13. The van der Waals surface area contributed by atoms with E-state index in [1.165, 1.54) is 30.5 Å². The molecule has 0 unspecified atom stereocenters. The van der Waals surface area contributed by atoms with Crippen molar-refractivity contribution in [2.45, 2.75) is 37.5 Å². The van der Waals surface area contributed by atoms with Crippen LogP contribution in [0, 0.1) is 0 Å². The van der Waals surface area contributed by atoms with Crippen molar-refractivity contribution in [1.82, 2.24) is 0 Å². The number of benzene rings is 2. The Morgan fingerprint density at radius 2 is 1.89 bits per heavy atom. The first-order chi connectivity index (χ1) is 9.02. The molecule has 0 aliphatic heterocycles. The van der Waals surface area contributed by atoms with E-state index >= 15 is 0 Å². The van der Waals surface area contributed by atoms with Crippen molar-refractivity contribution >= 4 is 20.9 Å². The second-order valence-electron chi connectivity index (χ2n) is 4.73. The Hall–Kier alpha value is -1.39. The number of hydrogen-bond donors (Lipinski definition) is 1. The smallest absolute Gasteiger partial charge is 0.282 e. The van der Waals surface area contributed by atoms with Gasteiger partial charge >= 0.3 is 0 Å². The third-order valence-electron chi connectivity index (χ3n) is 3.29. The van der Waals surface area contributed by atoms with Crippen molar-refractivity contribution in [3.63, 3.8) is 0 Å². The van der Waals surface area contributed by atoms with Crippen LogP contribution >= 0.6 is 0 Å². The number of hydrogen-bond acceptors (Lipinski definition) is 2. The molecule has 0 spiro atoms. The zero-order chi connectivity index (χ0) is 13.9. The lowest BCUT2D eigenvalue weighted by atomic mass is 10.00. The standard InChI is InChI=1S/C15H18O3S/c1-2-3-4-6-12-7-5-8-13-11-14(19(16,17)18)9-10-15(12)13/h5,7-11H,2-4,6H2,1H3,(H,16,17,18). The fourth-order valence-electron chi connectivity index (χ4n) is 2.27. The monoisotopic (exact) mass is 278 g/mol. The fraction of sp³-hybridized carbons (Fsp3) is 0.333. The van der Waals surface area contributed by atoms with E-state index in [9.17, 15) is 8.42 Å². The number of aryl methyl sites for hydroxylation is 1. The maximum Gasteiger partial charge on any atom is 0.294 e. The van der Waals surface area contributed by atoms with Crippen molar-refractivity contribution in [2.75, 3.05) is 0 Å². The van der Waals surface area contributed by atoms with Gasteiger partial charge in [-0.05, 0) is 41.3 Å². The Labute approximate surface area is 114 Å². The Kier molecular flexibility index (Phi) is 4.22. The maximum absolute atomic E-state index is 11.1. The minimum Gasteiger partial charge on any atom is -0.282 e. The molecule has 2 aromatic rings. The van der Waals surface area contributed by atoms with Gasteiger partial charge in [0.15, 0.2) is 0 Å². The van der Waals surface area contributed by atoms with Crippen LogP contribution in [0.3, 0.4) is 0 Å². The average Bonchev–Trinajstić information content (AvgIpc) is 2.37. The lowest BCUT2D eigenvalue weighted by molar-refractivity contribution is 0.483. The Balaban J connectivity index is 2.41. The van der Waals surface area contributed by atoms with Gasteiger partial charge in [-0.3, -0.25) is 4.55 Å². The molecule has 102 valence electrons. The summed E-state index contributed by atoms with van der Waals surface area (Å²) < 4.78 is 31.3. The summed E-state index contributed by atoms with van der Waals surface area (Å²) in [4.78, 5) is -0.0503. The molecule has 3 nitrogen and oxygen atoms in total. The predicted octanol–water partition coefficient (Wildman–Crippen LogP) is 3.82. The topological polar surface area (TPSA) is 54.4 Å². The molecule has 0 bridgehead atoms. The highest BCUT2D eigenvalue weighted by Gasteiger charge is 2.10. The Morgan fingerprint density at radius 1 is 1.11 bits per heavy atom. The molecule has 2 aromatic carbocycles. The predicted molar refractivity (Wildman–Crippen MR) is 77.0 cm³/mol. The molecule has 19 heavy (non-hydrogen) atoms. The first-order valence-electron chi connectivity index (χ1n) is 6.51. The summed E-state index contributed by atoms with van der Waals surface area (Å²) in [6.07, 6.45) is 4.50. The van der Waals surface area contributed by atoms with Crippen LogP contribution in [0.2, 0.25) is 0 Å². The van der Waals surface area contributed by atoms with Gasteiger partial charge in [0.05, 0.1) is 4.90 Å². The molecule has 1 N–H and O–H groups in total. The zero-order valence-corrected chi connectivity index (χ0v) is 11.8. The Morgan fingerprint density at radius 3 is 2.58 bits per heavy atom. The molecule has 0 heterocycles. The molecule has 0 atom stereocenters. The van der Waals surface area contributed by atoms with Crippen LogP contribution in [-0.4, -0.2) is 13.0 Å². The summed E-state index contributed by atoms with van der Waals surface area (Å²) in [5.41, 5.74) is 1.23. The summed E-state index contributed by atoms with van der Waals surface area (Å²) in [5.74, 6) is 0. The van der Waals surface area contributed by atoms with E-state index in [0.717, 1.165) is 23.6 Å². The molecule has 0 aromatic heterocycles. The van der Waals surface area contributed by atoms with Gasteiger partial charge in [-0.2, -0.15) is 8.42 Å². The van der Waals surface area contributed by atoms with Crippen molar-refractivity contribution in [3.05, 3.63) is 42.0 Å². The highest BCUT2D eigenvalue weighted by molar-refractivity contribution is 7.85. The molecule has 0 aliphatic carbocycles. The molecule has 0 aliphatic rings. The first-order valence-corrected chi connectivity index (χ1v) is 7.95. The quantitative estimate of drug-likeness (QED) is 0.668. The van der Waals surface area contributed by atoms with Crippen LogP contribution in [0.15, 0.2) is 41.3 Å². The molecule has 0 saturated carbocycles. The second-order valence-corrected chi connectivity index (χ2v) is 6.15. The minimum absolute atomic E-state index is 0.0503. The normalized spacial score (nSPS) is 11.9. The lowest BCUT2D eigenvalue weighted by Gasteiger charge is -2.07. The lowest BCUT2D eigenvalue weighted by Crippen LogP contribution is -1.98. The highest BCUT2D eigenvalue weighted by atomic mass is 32.2. The van der Waals surface area contributed by atoms with E-state index in [1.54, 1.807) is 6.07 Å². The van der Waals surface area contributed by atoms with Crippen LogP contribution in [0.1, 0.15) is 31.7 Å². The van der Waals surface area contributed by atoms with Gasteiger partial charge in [0.2, 0.25) is 0 Å². The third kappa shape index (κ3) is 3.33. The number of unbranched alkanes of at least 4 members (excludes halogenated alkanes) is 2.